The quantitative estimate of drug-likeness (QED) is 0.645. The number of ether oxygens (including phenoxy) is 2. The number of hydrogen-bond donors (Lipinski definition) is 1. The molecule has 0 aliphatic carbocycles. The van der Waals surface area contributed by atoms with Crippen LogP contribution in [-0.4, -0.2) is 30.3 Å². The predicted octanol–water partition coefficient (Wildman–Crippen LogP) is 4.88. The molecule has 0 atom stereocenters. The number of rotatable bonds is 5. The molecule has 2 aromatic carbocycles. The van der Waals surface area contributed by atoms with Gasteiger partial charge in [0.05, 0.1) is 31.0 Å². The molecule has 0 saturated carbocycles. The van der Waals surface area contributed by atoms with E-state index in [1.165, 1.54) is 0 Å². The Morgan fingerprint density at radius 2 is 1.88 bits per heavy atom. The molecule has 132 valence electrons. The summed E-state index contributed by atoms with van der Waals surface area (Å²) in [4.78, 5) is 16.1. The van der Waals surface area contributed by atoms with Crippen LogP contribution >= 0.6 is 15.9 Å². The van der Waals surface area contributed by atoms with Crippen molar-refractivity contribution in [2.24, 2.45) is 0 Å². The van der Waals surface area contributed by atoms with Gasteiger partial charge in [-0.25, -0.2) is 9.78 Å². The molecule has 1 aromatic heterocycles. The monoisotopic (exact) mass is 413 g/mol. The Morgan fingerprint density at radius 1 is 1.08 bits per heavy atom. The van der Waals surface area contributed by atoms with Crippen LogP contribution in [0.25, 0.3) is 23.1 Å². The average Bonchev–Trinajstić information content (AvgIpc) is 2.65. The maximum absolute atomic E-state index is 11.6. The summed E-state index contributed by atoms with van der Waals surface area (Å²) in [6, 6.07) is 12.4. The molecule has 0 spiro atoms. The van der Waals surface area contributed by atoms with Crippen LogP contribution in [0.4, 0.5) is 0 Å². The summed E-state index contributed by atoms with van der Waals surface area (Å²) in [6.45, 7) is 0. The molecule has 6 heteroatoms. The van der Waals surface area contributed by atoms with Gasteiger partial charge in [-0.2, -0.15) is 0 Å². The van der Waals surface area contributed by atoms with Gasteiger partial charge in [0, 0.05) is 21.5 Å². The van der Waals surface area contributed by atoms with E-state index in [9.17, 15) is 9.90 Å². The van der Waals surface area contributed by atoms with Crippen molar-refractivity contribution >= 4 is 45.0 Å². The van der Waals surface area contributed by atoms with Gasteiger partial charge >= 0.3 is 5.97 Å². The summed E-state index contributed by atoms with van der Waals surface area (Å²) in [7, 11) is 3.18. The van der Waals surface area contributed by atoms with Crippen molar-refractivity contribution in [3.8, 4) is 11.5 Å². The number of pyridine rings is 1. The number of carboxylic acids is 1. The number of halogens is 1. The number of carboxylic acid groups (broad SMARTS) is 1. The number of benzene rings is 2. The third-order valence-corrected chi connectivity index (χ3v) is 4.39. The van der Waals surface area contributed by atoms with Gasteiger partial charge in [0.15, 0.2) is 0 Å². The van der Waals surface area contributed by atoms with Crippen molar-refractivity contribution in [1.82, 2.24) is 4.98 Å². The zero-order valence-electron chi connectivity index (χ0n) is 14.2. The van der Waals surface area contributed by atoms with Crippen LogP contribution in [0.1, 0.15) is 21.6 Å². The Labute approximate surface area is 159 Å². The lowest BCUT2D eigenvalue weighted by Gasteiger charge is -2.08. The highest BCUT2D eigenvalue weighted by Crippen LogP contribution is 2.27. The number of nitrogens with zero attached hydrogens (tertiary/aromatic N) is 1. The number of hydrogen-bond acceptors (Lipinski definition) is 4. The molecule has 1 heterocycles. The third-order valence-electron chi connectivity index (χ3n) is 3.90. The summed E-state index contributed by atoms with van der Waals surface area (Å²) in [5.74, 6) is 0.359. The SMILES string of the molecule is COc1ccc(/C=C/c2cc(C(=O)O)c3cc(Br)ccc3n2)c(OC)c1. The Kier molecular flexibility index (Phi) is 5.23. The molecular weight excluding hydrogens is 398 g/mol. The molecule has 5 nitrogen and oxygen atoms in total. The zero-order valence-corrected chi connectivity index (χ0v) is 15.8. The predicted molar refractivity (Wildman–Crippen MR) is 105 cm³/mol. The van der Waals surface area contributed by atoms with E-state index in [1.54, 1.807) is 44.6 Å². The van der Waals surface area contributed by atoms with Crippen molar-refractivity contribution in [2.45, 2.75) is 0 Å². The normalized spacial score (nSPS) is 11.0. The molecular formula is C20H16BrNO4. The van der Waals surface area contributed by atoms with Crippen LogP contribution in [0, 0.1) is 0 Å². The van der Waals surface area contributed by atoms with E-state index in [4.69, 9.17) is 9.47 Å². The average molecular weight is 414 g/mol. The largest absolute Gasteiger partial charge is 0.497 e. The zero-order chi connectivity index (χ0) is 18.7. The van der Waals surface area contributed by atoms with E-state index < -0.39 is 5.97 Å². The number of aromatic carboxylic acids is 1. The molecule has 1 N–H and O–H groups in total. The molecule has 0 unspecified atom stereocenters. The molecule has 0 bridgehead atoms. The van der Waals surface area contributed by atoms with Gasteiger partial charge in [-0.3, -0.25) is 0 Å². The van der Waals surface area contributed by atoms with Gasteiger partial charge in [-0.05, 0) is 48.6 Å². The topological polar surface area (TPSA) is 68.7 Å². The van der Waals surface area contributed by atoms with Gasteiger partial charge in [-0.15, -0.1) is 0 Å². The highest BCUT2D eigenvalue weighted by atomic mass is 79.9. The third kappa shape index (κ3) is 3.70. The minimum atomic E-state index is -0.993. The molecule has 3 aromatic rings. The highest BCUT2D eigenvalue weighted by Gasteiger charge is 2.11. The summed E-state index contributed by atoms with van der Waals surface area (Å²) < 4.78 is 11.4. The molecule has 0 saturated heterocycles. The lowest BCUT2D eigenvalue weighted by Crippen LogP contribution is -2.00. The maximum Gasteiger partial charge on any atom is 0.336 e. The molecule has 0 aliphatic rings. The number of carbonyl (C=O) groups is 1. The fourth-order valence-corrected chi connectivity index (χ4v) is 2.97. The van der Waals surface area contributed by atoms with Crippen molar-refractivity contribution in [2.75, 3.05) is 14.2 Å². The Hall–Kier alpha value is -2.86. The number of methoxy groups -OCH3 is 2. The van der Waals surface area contributed by atoms with E-state index in [2.05, 4.69) is 20.9 Å². The second-order valence-electron chi connectivity index (χ2n) is 5.50. The summed E-state index contributed by atoms with van der Waals surface area (Å²) in [5, 5.41) is 10.1. The van der Waals surface area contributed by atoms with E-state index in [1.807, 2.05) is 24.3 Å². The summed E-state index contributed by atoms with van der Waals surface area (Å²) in [5.41, 5.74) is 2.21. The van der Waals surface area contributed by atoms with Crippen LogP contribution in [0.2, 0.25) is 0 Å². The molecule has 0 radical (unpaired) electrons. The Morgan fingerprint density at radius 3 is 2.58 bits per heavy atom. The second kappa shape index (κ2) is 7.58. The second-order valence-corrected chi connectivity index (χ2v) is 6.42. The van der Waals surface area contributed by atoms with Crippen molar-refractivity contribution in [3.05, 3.63) is 63.8 Å². The number of aromatic nitrogens is 1. The molecule has 0 aliphatic heterocycles. The lowest BCUT2D eigenvalue weighted by atomic mass is 10.1. The van der Waals surface area contributed by atoms with E-state index in [-0.39, 0.29) is 5.56 Å². The first-order chi connectivity index (χ1) is 12.5. The van der Waals surface area contributed by atoms with Gasteiger partial charge in [0.1, 0.15) is 11.5 Å². The highest BCUT2D eigenvalue weighted by molar-refractivity contribution is 9.10. The van der Waals surface area contributed by atoms with Gasteiger partial charge in [-0.1, -0.05) is 15.9 Å². The van der Waals surface area contributed by atoms with Crippen LogP contribution < -0.4 is 9.47 Å². The minimum absolute atomic E-state index is 0.206. The first-order valence-corrected chi connectivity index (χ1v) is 8.55. The van der Waals surface area contributed by atoms with Crippen molar-refractivity contribution in [3.63, 3.8) is 0 Å². The van der Waals surface area contributed by atoms with Crippen molar-refractivity contribution < 1.29 is 19.4 Å². The number of fused-ring (bicyclic) bond motifs is 1. The van der Waals surface area contributed by atoms with E-state index in [0.717, 1.165) is 10.0 Å². The van der Waals surface area contributed by atoms with Crippen LogP contribution in [0.3, 0.4) is 0 Å². The fourth-order valence-electron chi connectivity index (χ4n) is 2.61. The minimum Gasteiger partial charge on any atom is -0.497 e. The van der Waals surface area contributed by atoms with Crippen LogP contribution in [0.15, 0.2) is 46.9 Å². The van der Waals surface area contributed by atoms with Crippen LogP contribution in [0.5, 0.6) is 11.5 Å². The molecule has 0 amide bonds. The van der Waals surface area contributed by atoms with E-state index in [0.29, 0.717) is 28.1 Å². The first kappa shape index (κ1) is 17.9. The van der Waals surface area contributed by atoms with Crippen molar-refractivity contribution in [1.29, 1.82) is 0 Å². The summed E-state index contributed by atoms with van der Waals surface area (Å²) in [6.07, 6.45) is 3.59. The van der Waals surface area contributed by atoms with Gasteiger partial charge in [0.2, 0.25) is 0 Å². The fraction of sp³-hybridized carbons (Fsp3) is 0.100. The lowest BCUT2D eigenvalue weighted by molar-refractivity contribution is 0.0699. The molecule has 26 heavy (non-hydrogen) atoms. The first-order valence-electron chi connectivity index (χ1n) is 7.75. The summed E-state index contributed by atoms with van der Waals surface area (Å²) >= 11 is 3.36. The van der Waals surface area contributed by atoms with Gasteiger partial charge in [0.25, 0.3) is 0 Å². The molecule has 3 rings (SSSR count). The maximum atomic E-state index is 11.6. The van der Waals surface area contributed by atoms with Crippen LogP contribution in [-0.2, 0) is 0 Å². The Balaban J connectivity index is 2.05. The Bertz CT molecular complexity index is 1010. The van der Waals surface area contributed by atoms with E-state index >= 15 is 0 Å². The smallest absolute Gasteiger partial charge is 0.336 e. The molecule has 0 fully saturated rings. The van der Waals surface area contributed by atoms with Gasteiger partial charge < -0.3 is 14.6 Å². The standard InChI is InChI=1S/C20H16BrNO4/c1-25-15-7-4-12(19(11-15)26-2)3-6-14-10-17(20(23)24)16-9-13(21)5-8-18(16)22-14/h3-11H,1-2H3,(H,23,24)/b6-3+.